The second-order valence-electron chi connectivity index (χ2n) is 5.38. The van der Waals surface area contributed by atoms with E-state index in [0.717, 1.165) is 11.5 Å². The Bertz CT molecular complexity index is 750. The van der Waals surface area contributed by atoms with E-state index in [9.17, 15) is 0 Å². The first-order valence-corrected chi connectivity index (χ1v) is 9.33. The summed E-state index contributed by atoms with van der Waals surface area (Å²) in [6.07, 6.45) is 0. The van der Waals surface area contributed by atoms with E-state index in [0.29, 0.717) is 0 Å². The molecule has 0 radical (unpaired) electrons. The zero-order chi connectivity index (χ0) is 14.3. The van der Waals surface area contributed by atoms with E-state index in [-0.39, 0.29) is 0 Å². The zero-order valence-electron chi connectivity index (χ0n) is 11.9. The average Bonchev–Trinajstić information content (AvgIpc) is 2.56. The van der Waals surface area contributed by atoms with Gasteiger partial charge in [0.2, 0.25) is 0 Å². The monoisotopic (exact) mass is 291 g/mol. The van der Waals surface area contributed by atoms with E-state index in [4.69, 9.17) is 4.74 Å². The van der Waals surface area contributed by atoms with E-state index >= 15 is 0 Å². The van der Waals surface area contributed by atoms with Crippen LogP contribution in [-0.2, 0) is 0 Å². The molecule has 0 saturated carbocycles. The van der Waals surface area contributed by atoms with Crippen LogP contribution < -0.4 is 20.7 Å². The summed E-state index contributed by atoms with van der Waals surface area (Å²) in [5, 5.41) is 4.05. The van der Waals surface area contributed by atoms with Gasteiger partial charge in [0, 0.05) is 0 Å². The number of rotatable bonds is 1. The minimum atomic E-state index is -1.62. The number of para-hydroxylation sites is 2. The van der Waals surface area contributed by atoms with Gasteiger partial charge in [-0.05, 0) is 36.4 Å². The lowest BCUT2D eigenvalue weighted by Crippen LogP contribution is -2.34. The highest BCUT2D eigenvalue weighted by Crippen LogP contribution is 2.58. The average molecular weight is 291 g/mol. The van der Waals surface area contributed by atoms with E-state index < -0.39 is 7.26 Å². The van der Waals surface area contributed by atoms with E-state index in [1.54, 1.807) is 0 Å². The fourth-order valence-corrected chi connectivity index (χ4v) is 6.55. The molecular weight excluding hydrogens is 275 g/mol. The molecule has 1 aliphatic rings. The molecular formula is C19H16OP+. The summed E-state index contributed by atoms with van der Waals surface area (Å²) in [7, 11) is -1.62. The highest BCUT2D eigenvalue weighted by Gasteiger charge is 2.47. The lowest BCUT2D eigenvalue weighted by molar-refractivity contribution is 0.488. The zero-order valence-corrected chi connectivity index (χ0v) is 12.8. The third-order valence-electron chi connectivity index (χ3n) is 4.19. The summed E-state index contributed by atoms with van der Waals surface area (Å²) in [6.45, 7) is 2.39. The van der Waals surface area contributed by atoms with Crippen molar-refractivity contribution in [3.05, 3.63) is 78.9 Å². The molecule has 0 aromatic heterocycles. The minimum Gasteiger partial charge on any atom is -0.449 e. The Morgan fingerprint density at radius 3 is 1.67 bits per heavy atom. The van der Waals surface area contributed by atoms with Crippen molar-refractivity contribution >= 4 is 23.2 Å². The number of fused-ring (bicyclic) bond motifs is 2. The maximum atomic E-state index is 6.12. The molecule has 21 heavy (non-hydrogen) atoms. The molecule has 1 aliphatic heterocycles. The second kappa shape index (κ2) is 4.72. The lowest BCUT2D eigenvalue weighted by Gasteiger charge is -2.30. The molecule has 3 aromatic rings. The summed E-state index contributed by atoms with van der Waals surface area (Å²) >= 11 is 0. The maximum absolute atomic E-state index is 6.12. The van der Waals surface area contributed by atoms with Crippen LogP contribution in [-0.4, -0.2) is 6.66 Å². The smallest absolute Gasteiger partial charge is 0.170 e. The molecule has 0 bridgehead atoms. The standard InChI is InChI=1S/C19H16OP/c1-21(15-9-3-2-4-10-15)18-13-7-5-11-16(18)20-17-12-6-8-14-19(17)21/h2-14H,1H3/q+1. The number of benzene rings is 3. The number of hydrogen-bond acceptors (Lipinski definition) is 1. The van der Waals surface area contributed by atoms with Gasteiger partial charge in [-0.3, -0.25) is 0 Å². The van der Waals surface area contributed by atoms with E-state index in [1.807, 2.05) is 12.1 Å². The van der Waals surface area contributed by atoms with Crippen molar-refractivity contribution in [3.8, 4) is 11.5 Å². The fourth-order valence-electron chi connectivity index (χ4n) is 3.08. The van der Waals surface area contributed by atoms with Crippen molar-refractivity contribution in [1.82, 2.24) is 0 Å². The molecule has 0 spiro atoms. The van der Waals surface area contributed by atoms with E-state index in [2.05, 4.69) is 73.4 Å². The molecule has 0 amide bonds. The molecule has 0 aliphatic carbocycles. The Morgan fingerprint density at radius 2 is 1.10 bits per heavy atom. The predicted octanol–water partition coefficient (Wildman–Crippen LogP) is 3.72. The molecule has 2 heteroatoms. The van der Waals surface area contributed by atoms with Crippen molar-refractivity contribution in [2.75, 3.05) is 6.66 Å². The van der Waals surface area contributed by atoms with Gasteiger partial charge in [0.25, 0.3) is 0 Å². The molecule has 0 N–H and O–H groups in total. The highest BCUT2D eigenvalue weighted by molar-refractivity contribution is 7.95. The largest absolute Gasteiger partial charge is 0.449 e. The SMILES string of the molecule is C[P+]1(c2ccccc2)c2ccccc2Oc2ccccc21. The summed E-state index contributed by atoms with van der Waals surface area (Å²) < 4.78 is 6.12. The van der Waals surface area contributed by atoms with Crippen molar-refractivity contribution in [2.24, 2.45) is 0 Å². The number of hydrogen-bond donors (Lipinski definition) is 0. The Balaban J connectivity index is 2.06. The topological polar surface area (TPSA) is 9.23 Å². The Labute approximate surface area is 125 Å². The van der Waals surface area contributed by atoms with Crippen LogP contribution >= 0.6 is 7.26 Å². The molecule has 4 rings (SSSR count). The van der Waals surface area contributed by atoms with Gasteiger partial charge in [-0.2, -0.15) is 0 Å². The Kier molecular flexibility index (Phi) is 2.83. The highest BCUT2D eigenvalue weighted by atomic mass is 31.2. The molecule has 0 unspecified atom stereocenters. The van der Waals surface area contributed by atoms with Gasteiger partial charge in [-0.1, -0.05) is 42.5 Å². The van der Waals surface area contributed by atoms with Crippen LogP contribution in [0.2, 0.25) is 0 Å². The van der Waals surface area contributed by atoms with Gasteiger partial charge in [0.15, 0.2) is 11.5 Å². The van der Waals surface area contributed by atoms with Crippen LogP contribution in [0.5, 0.6) is 11.5 Å². The van der Waals surface area contributed by atoms with Gasteiger partial charge in [-0.15, -0.1) is 0 Å². The third kappa shape index (κ3) is 1.81. The third-order valence-corrected chi connectivity index (χ3v) is 8.18. The van der Waals surface area contributed by atoms with Crippen molar-refractivity contribution < 1.29 is 4.74 Å². The van der Waals surface area contributed by atoms with Crippen LogP contribution in [0.15, 0.2) is 78.9 Å². The van der Waals surface area contributed by atoms with Crippen LogP contribution in [0.4, 0.5) is 0 Å². The molecule has 1 heterocycles. The quantitative estimate of drug-likeness (QED) is 0.621. The van der Waals surface area contributed by atoms with Gasteiger partial charge in [0.05, 0.1) is 6.66 Å². The van der Waals surface area contributed by atoms with Gasteiger partial charge in [-0.25, -0.2) is 0 Å². The Hall–Kier alpha value is -2.11. The second-order valence-corrected chi connectivity index (χ2v) is 8.87. The van der Waals surface area contributed by atoms with Crippen molar-refractivity contribution in [2.45, 2.75) is 0 Å². The first-order valence-electron chi connectivity index (χ1n) is 7.09. The summed E-state index contributed by atoms with van der Waals surface area (Å²) in [6, 6.07) is 27.7. The van der Waals surface area contributed by atoms with Crippen LogP contribution in [0.1, 0.15) is 0 Å². The molecule has 102 valence electrons. The molecule has 3 aromatic carbocycles. The minimum absolute atomic E-state index is 0.996. The van der Waals surface area contributed by atoms with Gasteiger partial charge in [0.1, 0.15) is 23.2 Å². The predicted molar refractivity (Wildman–Crippen MR) is 91.1 cm³/mol. The molecule has 0 saturated heterocycles. The van der Waals surface area contributed by atoms with Crippen molar-refractivity contribution in [1.29, 1.82) is 0 Å². The first-order chi connectivity index (χ1) is 10.3. The van der Waals surface area contributed by atoms with Crippen molar-refractivity contribution in [3.63, 3.8) is 0 Å². The van der Waals surface area contributed by atoms with Gasteiger partial charge < -0.3 is 4.74 Å². The molecule has 0 atom stereocenters. The van der Waals surface area contributed by atoms with Crippen LogP contribution in [0.25, 0.3) is 0 Å². The van der Waals surface area contributed by atoms with E-state index in [1.165, 1.54) is 15.9 Å². The Morgan fingerprint density at radius 1 is 0.619 bits per heavy atom. The molecule has 1 nitrogen and oxygen atoms in total. The number of ether oxygens (including phenoxy) is 1. The normalized spacial score (nSPS) is 14.7. The fraction of sp³-hybridized carbons (Fsp3) is 0.0526. The van der Waals surface area contributed by atoms with Crippen LogP contribution in [0.3, 0.4) is 0 Å². The summed E-state index contributed by atoms with van der Waals surface area (Å²) in [5.41, 5.74) is 0. The van der Waals surface area contributed by atoms with Gasteiger partial charge >= 0.3 is 0 Å². The summed E-state index contributed by atoms with van der Waals surface area (Å²) in [5.74, 6) is 1.99. The first kappa shape index (κ1) is 12.6. The lowest BCUT2D eigenvalue weighted by atomic mass is 10.3. The van der Waals surface area contributed by atoms with Crippen LogP contribution in [0, 0.1) is 0 Å². The summed E-state index contributed by atoms with van der Waals surface area (Å²) in [4.78, 5) is 0. The molecule has 0 fully saturated rings. The maximum Gasteiger partial charge on any atom is 0.170 e.